The highest BCUT2D eigenvalue weighted by Gasteiger charge is 2.31. The summed E-state index contributed by atoms with van der Waals surface area (Å²) in [6, 6.07) is 8.19. The van der Waals surface area contributed by atoms with Gasteiger partial charge in [0.15, 0.2) is 0 Å². The van der Waals surface area contributed by atoms with Crippen molar-refractivity contribution in [2.45, 2.75) is 19.3 Å². The zero-order valence-corrected chi connectivity index (χ0v) is 9.44. The van der Waals surface area contributed by atoms with E-state index in [9.17, 15) is 9.90 Å². The Morgan fingerprint density at radius 3 is 3.00 bits per heavy atom. The average Bonchev–Trinajstić information content (AvgIpc) is 2.29. The predicted molar refractivity (Wildman–Crippen MR) is 62.5 cm³/mol. The van der Waals surface area contributed by atoms with E-state index in [0.29, 0.717) is 6.54 Å². The molecular weight excluding hydrogens is 202 g/mol. The molecule has 2 rings (SSSR count). The molecule has 3 heteroatoms. The number of aryl methyl sites for hydroxylation is 1. The summed E-state index contributed by atoms with van der Waals surface area (Å²) in [6.07, 6.45) is 0.903. The molecule has 1 aromatic carbocycles. The Balaban J connectivity index is 2.26. The van der Waals surface area contributed by atoms with Crippen molar-refractivity contribution in [3.63, 3.8) is 0 Å². The van der Waals surface area contributed by atoms with Gasteiger partial charge in [0.2, 0.25) is 0 Å². The topological polar surface area (TPSA) is 49.3 Å². The molecule has 2 unspecified atom stereocenters. The zero-order chi connectivity index (χ0) is 11.5. The quantitative estimate of drug-likeness (QED) is 0.797. The third-order valence-corrected chi connectivity index (χ3v) is 3.27. The molecule has 3 nitrogen and oxygen atoms in total. The molecule has 0 spiro atoms. The molecule has 0 bridgehead atoms. The first-order valence-electron chi connectivity index (χ1n) is 5.68. The Bertz CT molecular complexity index is 389. The van der Waals surface area contributed by atoms with Crippen molar-refractivity contribution >= 4 is 5.97 Å². The van der Waals surface area contributed by atoms with Crippen molar-refractivity contribution in [1.82, 2.24) is 5.32 Å². The summed E-state index contributed by atoms with van der Waals surface area (Å²) in [4.78, 5) is 11.2. The Kier molecular flexibility index (Phi) is 3.25. The number of hydrogen-bond donors (Lipinski definition) is 2. The fourth-order valence-electron chi connectivity index (χ4n) is 2.42. The molecule has 86 valence electrons. The van der Waals surface area contributed by atoms with Crippen LogP contribution < -0.4 is 5.32 Å². The molecule has 0 amide bonds. The first-order chi connectivity index (χ1) is 7.68. The number of aliphatic carboxylic acids is 1. The summed E-state index contributed by atoms with van der Waals surface area (Å²) >= 11 is 0. The van der Waals surface area contributed by atoms with E-state index >= 15 is 0 Å². The van der Waals surface area contributed by atoms with Crippen LogP contribution in [0.25, 0.3) is 0 Å². The Labute approximate surface area is 95.5 Å². The molecule has 1 fully saturated rings. The molecule has 0 aromatic heterocycles. The molecule has 2 N–H and O–H groups in total. The number of hydrogen-bond acceptors (Lipinski definition) is 2. The van der Waals surface area contributed by atoms with Gasteiger partial charge in [-0.15, -0.1) is 0 Å². The van der Waals surface area contributed by atoms with Crippen molar-refractivity contribution in [2.24, 2.45) is 5.92 Å². The van der Waals surface area contributed by atoms with Crippen LogP contribution in [-0.4, -0.2) is 24.2 Å². The summed E-state index contributed by atoms with van der Waals surface area (Å²) in [7, 11) is 0. The standard InChI is InChI=1S/C13H17NO2/c1-9-3-2-4-10(7-9)11-5-6-14-8-12(11)13(15)16/h2-4,7,11-12,14H,5-6,8H2,1H3,(H,15,16). The molecular formula is C13H17NO2. The van der Waals surface area contributed by atoms with E-state index < -0.39 is 5.97 Å². The fraction of sp³-hybridized carbons (Fsp3) is 0.462. The molecule has 1 heterocycles. The molecule has 1 aromatic rings. The number of carbonyl (C=O) groups is 1. The number of carboxylic acid groups (broad SMARTS) is 1. The molecule has 16 heavy (non-hydrogen) atoms. The predicted octanol–water partition coefficient (Wildman–Crippen LogP) is 1.77. The van der Waals surface area contributed by atoms with Crippen LogP contribution in [0.4, 0.5) is 0 Å². The monoisotopic (exact) mass is 219 g/mol. The minimum absolute atomic E-state index is 0.152. The van der Waals surface area contributed by atoms with Crippen LogP contribution >= 0.6 is 0 Å². The van der Waals surface area contributed by atoms with E-state index in [2.05, 4.69) is 11.4 Å². The Hall–Kier alpha value is -1.35. The van der Waals surface area contributed by atoms with Gasteiger partial charge in [0.05, 0.1) is 5.92 Å². The normalized spacial score (nSPS) is 25.3. The number of nitrogens with one attached hydrogen (secondary N) is 1. The first-order valence-corrected chi connectivity index (χ1v) is 5.68. The van der Waals surface area contributed by atoms with E-state index in [0.717, 1.165) is 18.5 Å². The highest BCUT2D eigenvalue weighted by Crippen LogP contribution is 2.30. The Morgan fingerprint density at radius 2 is 2.31 bits per heavy atom. The van der Waals surface area contributed by atoms with Crippen LogP contribution in [0.15, 0.2) is 24.3 Å². The lowest BCUT2D eigenvalue weighted by atomic mass is 9.81. The van der Waals surface area contributed by atoms with Crippen LogP contribution in [0.1, 0.15) is 23.5 Å². The minimum Gasteiger partial charge on any atom is -0.481 e. The lowest BCUT2D eigenvalue weighted by Gasteiger charge is -2.29. The molecule has 1 saturated heterocycles. The van der Waals surface area contributed by atoms with Crippen molar-refractivity contribution in [3.8, 4) is 0 Å². The lowest BCUT2D eigenvalue weighted by Crippen LogP contribution is -2.39. The van der Waals surface area contributed by atoms with Crippen LogP contribution in [0, 0.1) is 12.8 Å². The van der Waals surface area contributed by atoms with Gasteiger partial charge in [-0.25, -0.2) is 0 Å². The number of benzene rings is 1. The first kappa shape index (κ1) is 11.1. The van der Waals surface area contributed by atoms with Crippen molar-refractivity contribution in [3.05, 3.63) is 35.4 Å². The summed E-state index contributed by atoms with van der Waals surface area (Å²) in [5.41, 5.74) is 2.36. The third-order valence-electron chi connectivity index (χ3n) is 3.27. The second-order valence-electron chi connectivity index (χ2n) is 4.46. The van der Waals surface area contributed by atoms with Crippen LogP contribution in [-0.2, 0) is 4.79 Å². The minimum atomic E-state index is -0.696. The maximum atomic E-state index is 11.2. The third kappa shape index (κ3) is 2.25. The molecule has 0 radical (unpaired) electrons. The van der Waals surface area contributed by atoms with E-state index in [1.54, 1.807) is 0 Å². The molecule has 0 aliphatic carbocycles. The maximum Gasteiger partial charge on any atom is 0.308 e. The molecule has 1 aliphatic heterocycles. The molecule has 0 saturated carbocycles. The number of rotatable bonds is 2. The fourth-order valence-corrected chi connectivity index (χ4v) is 2.42. The number of carboxylic acids is 1. The van der Waals surface area contributed by atoms with Gasteiger partial charge in [0.25, 0.3) is 0 Å². The van der Waals surface area contributed by atoms with Crippen LogP contribution in [0.5, 0.6) is 0 Å². The van der Waals surface area contributed by atoms with Crippen molar-refractivity contribution in [2.75, 3.05) is 13.1 Å². The van der Waals surface area contributed by atoms with Crippen molar-refractivity contribution < 1.29 is 9.90 Å². The summed E-state index contributed by atoms with van der Waals surface area (Å²) in [6.45, 7) is 3.52. The Morgan fingerprint density at radius 1 is 1.50 bits per heavy atom. The highest BCUT2D eigenvalue weighted by molar-refractivity contribution is 5.72. The molecule has 1 aliphatic rings. The van der Waals surface area contributed by atoms with Gasteiger partial charge in [-0.1, -0.05) is 29.8 Å². The maximum absolute atomic E-state index is 11.2. The summed E-state index contributed by atoms with van der Waals surface area (Å²) < 4.78 is 0. The van der Waals surface area contributed by atoms with Gasteiger partial charge >= 0.3 is 5.97 Å². The van der Waals surface area contributed by atoms with Gasteiger partial charge in [0, 0.05) is 6.54 Å². The second kappa shape index (κ2) is 4.66. The van der Waals surface area contributed by atoms with E-state index in [1.165, 1.54) is 5.56 Å². The highest BCUT2D eigenvalue weighted by atomic mass is 16.4. The summed E-state index contributed by atoms with van der Waals surface area (Å²) in [5, 5.41) is 12.3. The average molecular weight is 219 g/mol. The van der Waals surface area contributed by atoms with E-state index in [-0.39, 0.29) is 11.8 Å². The SMILES string of the molecule is Cc1cccc(C2CCNCC2C(=O)O)c1. The van der Waals surface area contributed by atoms with Crippen molar-refractivity contribution in [1.29, 1.82) is 0 Å². The van der Waals surface area contributed by atoms with E-state index in [1.807, 2.05) is 25.1 Å². The van der Waals surface area contributed by atoms with Gasteiger partial charge < -0.3 is 10.4 Å². The second-order valence-corrected chi connectivity index (χ2v) is 4.46. The smallest absolute Gasteiger partial charge is 0.308 e. The summed E-state index contributed by atoms with van der Waals surface area (Å²) in [5.74, 6) is -0.840. The zero-order valence-electron chi connectivity index (χ0n) is 9.44. The van der Waals surface area contributed by atoms with Gasteiger partial charge in [0.1, 0.15) is 0 Å². The lowest BCUT2D eigenvalue weighted by molar-refractivity contribution is -0.142. The van der Waals surface area contributed by atoms with Gasteiger partial charge in [-0.3, -0.25) is 4.79 Å². The van der Waals surface area contributed by atoms with E-state index in [4.69, 9.17) is 0 Å². The number of piperidine rings is 1. The van der Waals surface area contributed by atoms with Crippen LogP contribution in [0.3, 0.4) is 0 Å². The van der Waals surface area contributed by atoms with Gasteiger partial charge in [-0.2, -0.15) is 0 Å². The van der Waals surface area contributed by atoms with Gasteiger partial charge in [-0.05, 0) is 31.4 Å². The van der Waals surface area contributed by atoms with Crippen LogP contribution in [0.2, 0.25) is 0 Å². The largest absolute Gasteiger partial charge is 0.481 e. The molecule has 2 atom stereocenters.